The maximum absolute atomic E-state index is 6.69. The second kappa shape index (κ2) is 10.9. The Morgan fingerprint density at radius 2 is 1.83 bits per heavy atom. The van der Waals surface area contributed by atoms with Crippen molar-refractivity contribution in [2.24, 2.45) is 0 Å². The van der Waals surface area contributed by atoms with Crippen molar-refractivity contribution in [2.75, 3.05) is 37.6 Å². The van der Waals surface area contributed by atoms with Gasteiger partial charge in [-0.3, -0.25) is 9.80 Å². The van der Waals surface area contributed by atoms with Crippen LogP contribution in [-0.4, -0.2) is 69.6 Å². The monoisotopic (exact) mass is 512 g/mol. The number of likely N-dealkylation sites (tertiary alicyclic amines) is 1. The van der Waals surface area contributed by atoms with Gasteiger partial charge in [-0.2, -0.15) is 0 Å². The van der Waals surface area contributed by atoms with Crippen LogP contribution in [0.3, 0.4) is 0 Å². The van der Waals surface area contributed by atoms with E-state index in [1.54, 1.807) is 6.20 Å². The van der Waals surface area contributed by atoms with E-state index in [9.17, 15) is 0 Å². The van der Waals surface area contributed by atoms with E-state index in [-0.39, 0.29) is 0 Å². The number of benzene rings is 1. The first-order chi connectivity index (χ1) is 17.0. The summed E-state index contributed by atoms with van der Waals surface area (Å²) in [5.41, 5.74) is 2.25. The lowest BCUT2D eigenvalue weighted by atomic mass is 9.96. The average molecular weight is 514 g/mol. The molecule has 2 atom stereocenters. The molecule has 1 aromatic carbocycles. The molecule has 5 rings (SSSR count). The largest absolute Gasteiger partial charge is 0.353 e. The number of halogens is 2. The van der Waals surface area contributed by atoms with Gasteiger partial charge in [-0.1, -0.05) is 42.3 Å². The van der Waals surface area contributed by atoms with Gasteiger partial charge in [0.1, 0.15) is 11.6 Å². The number of aromatic nitrogens is 3. The molecule has 6 nitrogen and oxygen atoms in total. The molecule has 0 saturated carbocycles. The number of aromatic amines is 1. The predicted molar refractivity (Wildman–Crippen MR) is 144 cm³/mol. The third kappa shape index (κ3) is 5.36. The number of nitrogens with zero attached hydrogens (tertiary/aromatic N) is 5. The lowest BCUT2D eigenvalue weighted by Crippen LogP contribution is -2.58. The Balaban J connectivity index is 1.20. The van der Waals surface area contributed by atoms with Crippen molar-refractivity contribution in [2.45, 2.75) is 51.2 Å². The summed E-state index contributed by atoms with van der Waals surface area (Å²) in [4.78, 5) is 19.9. The SMILES string of the molecule is CCC1CN(c2ncc(-c3ncc[nH]3)cc2Cl)CCN1C1CCN(C(C)c2ccc(Cl)cc2)CC1. The molecule has 2 saturated heterocycles. The lowest BCUT2D eigenvalue weighted by Gasteiger charge is -2.48. The molecule has 35 heavy (non-hydrogen) atoms. The van der Waals surface area contributed by atoms with Gasteiger partial charge in [-0.05, 0) is 49.9 Å². The Labute approximate surface area is 218 Å². The minimum absolute atomic E-state index is 0.421. The lowest BCUT2D eigenvalue weighted by molar-refractivity contribution is 0.0515. The Morgan fingerprint density at radius 1 is 1.06 bits per heavy atom. The van der Waals surface area contributed by atoms with Gasteiger partial charge in [-0.25, -0.2) is 9.97 Å². The summed E-state index contributed by atoms with van der Waals surface area (Å²) in [6, 6.07) is 11.8. The quantitative estimate of drug-likeness (QED) is 0.445. The average Bonchev–Trinajstić information content (AvgIpc) is 3.44. The van der Waals surface area contributed by atoms with Crippen molar-refractivity contribution in [3.63, 3.8) is 0 Å². The molecule has 3 aromatic rings. The minimum atomic E-state index is 0.421. The van der Waals surface area contributed by atoms with E-state index in [1.165, 1.54) is 18.4 Å². The molecule has 4 heterocycles. The summed E-state index contributed by atoms with van der Waals surface area (Å²) in [7, 11) is 0. The second-order valence-electron chi connectivity index (χ2n) is 9.71. The molecule has 2 unspecified atom stereocenters. The van der Waals surface area contributed by atoms with Gasteiger partial charge < -0.3 is 9.88 Å². The van der Waals surface area contributed by atoms with Crippen LogP contribution in [0.25, 0.3) is 11.4 Å². The first-order valence-electron chi connectivity index (χ1n) is 12.7. The van der Waals surface area contributed by atoms with Crippen molar-refractivity contribution >= 4 is 29.0 Å². The molecule has 2 aromatic heterocycles. The molecule has 0 aliphatic carbocycles. The number of nitrogens with one attached hydrogen (secondary N) is 1. The molecule has 8 heteroatoms. The van der Waals surface area contributed by atoms with E-state index in [4.69, 9.17) is 28.2 Å². The van der Waals surface area contributed by atoms with E-state index in [2.05, 4.69) is 50.6 Å². The minimum Gasteiger partial charge on any atom is -0.353 e. The predicted octanol–water partition coefficient (Wildman–Crippen LogP) is 5.90. The molecule has 0 bridgehead atoms. The van der Waals surface area contributed by atoms with Crippen molar-refractivity contribution in [3.05, 3.63) is 64.5 Å². The molecule has 1 N–H and O–H groups in total. The fourth-order valence-corrected chi connectivity index (χ4v) is 6.09. The van der Waals surface area contributed by atoms with Crippen molar-refractivity contribution < 1.29 is 0 Å². The Bertz CT molecular complexity index is 1100. The Morgan fingerprint density at radius 3 is 2.49 bits per heavy atom. The van der Waals surface area contributed by atoms with Gasteiger partial charge >= 0.3 is 0 Å². The number of anilines is 1. The zero-order chi connectivity index (χ0) is 24.4. The number of hydrogen-bond donors (Lipinski definition) is 1. The van der Waals surface area contributed by atoms with E-state index >= 15 is 0 Å². The van der Waals surface area contributed by atoms with Gasteiger partial charge in [0.15, 0.2) is 0 Å². The van der Waals surface area contributed by atoms with Crippen LogP contribution >= 0.6 is 23.2 Å². The summed E-state index contributed by atoms with van der Waals surface area (Å²) in [5, 5.41) is 1.49. The Kier molecular flexibility index (Phi) is 7.63. The van der Waals surface area contributed by atoms with Gasteiger partial charge in [0.25, 0.3) is 0 Å². The summed E-state index contributed by atoms with van der Waals surface area (Å²) in [6.45, 7) is 9.84. The molecular weight excluding hydrogens is 479 g/mol. The van der Waals surface area contributed by atoms with Crippen LogP contribution in [0, 0.1) is 0 Å². The van der Waals surface area contributed by atoms with E-state index < -0.39 is 0 Å². The van der Waals surface area contributed by atoms with Gasteiger partial charge in [0, 0.05) is 80.0 Å². The van der Waals surface area contributed by atoms with Crippen LogP contribution in [0.5, 0.6) is 0 Å². The molecule has 2 fully saturated rings. The number of imidazole rings is 1. The fourth-order valence-electron chi connectivity index (χ4n) is 5.68. The molecule has 0 radical (unpaired) electrons. The number of hydrogen-bond acceptors (Lipinski definition) is 5. The standard InChI is InChI=1S/C27H34Cl2N6/c1-3-23-18-34(27-25(29)16-21(17-32-27)26-30-10-11-31-26)14-15-35(23)24-8-12-33(13-9-24)19(2)20-4-6-22(28)7-5-20/h4-7,10-11,16-17,19,23-24H,3,8-9,12-15,18H2,1-2H3,(H,30,31). The van der Waals surface area contributed by atoms with Gasteiger partial charge in [0.2, 0.25) is 0 Å². The fraction of sp³-hybridized carbons (Fsp3) is 0.481. The second-order valence-corrected chi connectivity index (χ2v) is 10.6. The maximum Gasteiger partial charge on any atom is 0.147 e. The summed E-state index contributed by atoms with van der Waals surface area (Å²) in [6.07, 6.45) is 8.97. The van der Waals surface area contributed by atoms with E-state index in [1.807, 2.05) is 30.6 Å². The third-order valence-corrected chi connectivity index (χ3v) is 8.29. The highest BCUT2D eigenvalue weighted by Crippen LogP contribution is 2.32. The smallest absolute Gasteiger partial charge is 0.147 e. The number of H-pyrrole nitrogens is 1. The first kappa shape index (κ1) is 24.6. The molecule has 0 amide bonds. The van der Waals surface area contributed by atoms with Crippen molar-refractivity contribution in [1.82, 2.24) is 24.8 Å². The number of pyridine rings is 1. The van der Waals surface area contributed by atoms with E-state index in [0.29, 0.717) is 23.1 Å². The van der Waals surface area contributed by atoms with Crippen LogP contribution < -0.4 is 4.90 Å². The van der Waals surface area contributed by atoms with Crippen LogP contribution in [0.4, 0.5) is 5.82 Å². The topological polar surface area (TPSA) is 51.3 Å². The molecule has 186 valence electrons. The van der Waals surface area contributed by atoms with Crippen molar-refractivity contribution in [1.29, 1.82) is 0 Å². The number of piperidine rings is 1. The van der Waals surface area contributed by atoms with Crippen LogP contribution in [-0.2, 0) is 0 Å². The molecule has 0 spiro atoms. The van der Waals surface area contributed by atoms with Crippen LogP contribution in [0.2, 0.25) is 10.0 Å². The summed E-state index contributed by atoms with van der Waals surface area (Å²) >= 11 is 12.8. The molecular formula is C27H34Cl2N6. The highest BCUT2D eigenvalue weighted by molar-refractivity contribution is 6.33. The van der Waals surface area contributed by atoms with E-state index in [0.717, 1.165) is 61.4 Å². The number of piperazine rings is 1. The van der Waals surface area contributed by atoms with Gasteiger partial charge in [0.05, 0.1) is 5.02 Å². The highest BCUT2D eigenvalue weighted by Gasteiger charge is 2.34. The summed E-state index contributed by atoms with van der Waals surface area (Å²) in [5.74, 6) is 1.67. The van der Waals surface area contributed by atoms with Crippen molar-refractivity contribution in [3.8, 4) is 11.4 Å². The molecule has 2 aliphatic rings. The first-order valence-corrected chi connectivity index (χ1v) is 13.4. The summed E-state index contributed by atoms with van der Waals surface area (Å²) < 4.78 is 0. The number of rotatable bonds is 6. The van der Waals surface area contributed by atoms with Gasteiger partial charge in [-0.15, -0.1) is 0 Å². The highest BCUT2D eigenvalue weighted by atomic mass is 35.5. The molecule has 2 aliphatic heterocycles. The van der Waals surface area contributed by atoms with Crippen LogP contribution in [0.15, 0.2) is 48.9 Å². The normalized spacial score (nSPS) is 21.4. The zero-order valence-corrected chi connectivity index (χ0v) is 22.0. The maximum atomic E-state index is 6.69. The Hall–Kier alpha value is -2.12. The zero-order valence-electron chi connectivity index (χ0n) is 20.5. The third-order valence-electron chi connectivity index (χ3n) is 7.76. The van der Waals surface area contributed by atoms with Crippen LogP contribution in [0.1, 0.15) is 44.7 Å².